The molecule has 0 spiro atoms. The van der Waals surface area contributed by atoms with Gasteiger partial charge in [0.15, 0.2) is 4.34 Å². The Morgan fingerprint density at radius 1 is 1.24 bits per heavy atom. The third-order valence-electron chi connectivity index (χ3n) is 2.66. The van der Waals surface area contributed by atoms with E-state index in [0.29, 0.717) is 0 Å². The van der Waals surface area contributed by atoms with Gasteiger partial charge < -0.3 is 0 Å². The van der Waals surface area contributed by atoms with Crippen molar-refractivity contribution >= 4 is 23.1 Å². The number of unbranched alkanes of at least 4 members (excludes halogenated alkanes) is 1. The minimum Gasteiger partial charge on any atom is -0.229 e. The van der Waals surface area contributed by atoms with E-state index >= 15 is 0 Å². The second-order valence-corrected chi connectivity index (χ2v) is 6.06. The van der Waals surface area contributed by atoms with Gasteiger partial charge in [0.05, 0.1) is 5.69 Å². The van der Waals surface area contributed by atoms with E-state index in [1.165, 1.54) is 33.3 Å². The van der Waals surface area contributed by atoms with Crippen LogP contribution in [0, 0.1) is 0 Å². The Morgan fingerprint density at radius 2 is 2.00 bits per heavy atom. The van der Waals surface area contributed by atoms with Crippen LogP contribution in [-0.4, -0.2) is 11.2 Å². The van der Waals surface area contributed by atoms with Crippen molar-refractivity contribution < 1.29 is 0 Å². The monoisotopic (exact) mass is 263 g/mol. The Hall–Kier alpha value is -0.800. The van der Waals surface area contributed by atoms with Gasteiger partial charge in [0.25, 0.3) is 0 Å². The maximum Gasteiger partial charge on any atom is 0.150 e. The first-order chi connectivity index (χ1) is 8.35. The molecule has 0 aliphatic rings. The van der Waals surface area contributed by atoms with Gasteiger partial charge in [-0.3, -0.25) is 0 Å². The molecule has 0 N–H and O–H groups in total. The third-order valence-corrected chi connectivity index (χ3v) is 4.76. The first-order valence-corrected chi connectivity index (χ1v) is 7.98. The summed E-state index contributed by atoms with van der Waals surface area (Å²) in [6.45, 7) is 2.23. The number of hydrogen-bond donors (Lipinski definition) is 0. The molecule has 0 saturated heterocycles. The normalized spacial score (nSPS) is 10.7. The Balaban J connectivity index is 2.34. The van der Waals surface area contributed by atoms with Crippen LogP contribution in [-0.2, 0) is 6.42 Å². The topological polar surface area (TPSA) is 12.9 Å². The highest BCUT2D eigenvalue weighted by Crippen LogP contribution is 2.33. The molecule has 90 valence electrons. The first-order valence-electron chi connectivity index (χ1n) is 5.94. The van der Waals surface area contributed by atoms with E-state index in [1.807, 2.05) is 11.3 Å². The molecular formula is C14H17NS2. The van der Waals surface area contributed by atoms with E-state index in [0.717, 1.165) is 6.42 Å². The second kappa shape index (κ2) is 6.22. The van der Waals surface area contributed by atoms with Gasteiger partial charge in [0, 0.05) is 10.4 Å². The number of thiazole rings is 1. The highest BCUT2D eigenvalue weighted by Gasteiger charge is 2.11. The molecule has 1 heterocycles. The summed E-state index contributed by atoms with van der Waals surface area (Å²) in [6, 6.07) is 10.5. The van der Waals surface area contributed by atoms with Crippen LogP contribution < -0.4 is 0 Å². The molecule has 3 heteroatoms. The van der Waals surface area contributed by atoms with E-state index in [9.17, 15) is 0 Å². The van der Waals surface area contributed by atoms with Crippen molar-refractivity contribution in [2.75, 3.05) is 6.26 Å². The molecule has 0 bridgehead atoms. The number of nitrogens with zero attached hydrogens (tertiary/aromatic N) is 1. The van der Waals surface area contributed by atoms with Crippen molar-refractivity contribution in [3.8, 4) is 11.3 Å². The van der Waals surface area contributed by atoms with Crippen LogP contribution in [0.3, 0.4) is 0 Å². The number of hydrogen-bond acceptors (Lipinski definition) is 3. The van der Waals surface area contributed by atoms with E-state index in [-0.39, 0.29) is 0 Å². The van der Waals surface area contributed by atoms with Crippen molar-refractivity contribution in [3.63, 3.8) is 0 Å². The van der Waals surface area contributed by atoms with Gasteiger partial charge in [-0.15, -0.1) is 11.3 Å². The lowest BCUT2D eigenvalue weighted by Crippen LogP contribution is -1.85. The number of aryl methyl sites for hydroxylation is 1. The molecule has 0 unspecified atom stereocenters. The standard InChI is InChI=1S/C14H17NS2/c1-3-4-10-12-13(15-14(16-2)17-12)11-8-6-5-7-9-11/h5-9H,3-4,10H2,1-2H3. The molecule has 0 aliphatic carbocycles. The van der Waals surface area contributed by atoms with E-state index in [2.05, 4.69) is 43.5 Å². The maximum atomic E-state index is 4.73. The van der Waals surface area contributed by atoms with E-state index < -0.39 is 0 Å². The van der Waals surface area contributed by atoms with Crippen molar-refractivity contribution in [1.29, 1.82) is 0 Å². The summed E-state index contributed by atoms with van der Waals surface area (Å²) >= 11 is 3.59. The van der Waals surface area contributed by atoms with Crippen LogP contribution in [0.1, 0.15) is 24.6 Å². The third kappa shape index (κ3) is 3.11. The zero-order valence-corrected chi connectivity index (χ0v) is 11.9. The predicted octanol–water partition coefficient (Wildman–Crippen LogP) is 4.87. The average molecular weight is 263 g/mol. The molecule has 0 aliphatic heterocycles. The summed E-state index contributed by atoms with van der Waals surface area (Å²) < 4.78 is 1.18. The molecule has 0 atom stereocenters. The van der Waals surface area contributed by atoms with Crippen molar-refractivity contribution in [3.05, 3.63) is 35.2 Å². The summed E-state index contributed by atoms with van der Waals surface area (Å²) in [6.07, 6.45) is 5.73. The van der Waals surface area contributed by atoms with Crippen LogP contribution in [0.25, 0.3) is 11.3 Å². The summed E-state index contributed by atoms with van der Waals surface area (Å²) in [5, 5.41) is 0. The lowest BCUT2D eigenvalue weighted by atomic mass is 10.1. The Morgan fingerprint density at radius 3 is 2.65 bits per heavy atom. The highest BCUT2D eigenvalue weighted by molar-refractivity contribution is 8.00. The quantitative estimate of drug-likeness (QED) is 0.713. The van der Waals surface area contributed by atoms with Gasteiger partial charge in [-0.1, -0.05) is 55.4 Å². The summed E-state index contributed by atoms with van der Waals surface area (Å²) in [5.74, 6) is 0. The fourth-order valence-corrected chi connectivity index (χ4v) is 3.42. The number of benzene rings is 1. The first kappa shape index (κ1) is 12.7. The molecule has 0 amide bonds. The summed E-state index contributed by atoms with van der Waals surface area (Å²) in [5.41, 5.74) is 2.43. The maximum absolute atomic E-state index is 4.73. The Kier molecular flexibility index (Phi) is 4.63. The highest BCUT2D eigenvalue weighted by atomic mass is 32.2. The van der Waals surface area contributed by atoms with Crippen molar-refractivity contribution in [2.45, 2.75) is 30.5 Å². The van der Waals surface area contributed by atoms with Gasteiger partial charge >= 0.3 is 0 Å². The minimum absolute atomic E-state index is 1.15. The molecule has 0 fully saturated rings. The molecular weight excluding hydrogens is 246 g/mol. The van der Waals surface area contributed by atoms with Gasteiger partial charge in [-0.2, -0.15) is 0 Å². The van der Waals surface area contributed by atoms with Crippen LogP contribution in [0.5, 0.6) is 0 Å². The smallest absolute Gasteiger partial charge is 0.150 e. The lowest BCUT2D eigenvalue weighted by Gasteiger charge is -2.01. The average Bonchev–Trinajstić information content (AvgIpc) is 2.80. The van der Waals surface area contributed by atoms with Crippen LogP contribution in [0.4, 0.5) is 0 Å². The molecule has 1 nitrogen and oxygen atoms in total. The van der Waals surface area contributed by atoms with Crippen LogP contribution >= 0.6 is 23.1 Å². The van der Waals surface area contributed by atoms with E-state index in [1.54, 1.807) is 11.8 Å². The molecule has 17 heavy (non-hydrogen) atoms. The number of rotatable bonds is 5. The SMILES string of the molecule is CCCCc1sc(SC)nc1-c1ccccc1. The number of thioether (sulfide) groups is 1. The summed E-state index contributed by atoms with van der Waals surface area (Å²) in [4.78, 5) is 6.17. The van der Waals surface area contributed by atoms with Gasteiger partial charge in [0.1, 0.15) is 0 Å². The molecule has 2 rings (SSSR count). The fraction of sp³-hybridized carbons (Fsp3) is 0.357. The predicted molar refractivity (Wildman–Crippen MR) is 77.9 cm³/mol. The molecule has 1 aromatic heterocycles. The Bertz CT molecular complexity index is 462. The van der Waals surface area contributed by atoms with Crippen LogP contribution in [0.2, 0.25) is 0 Å². The lowest BCUT2D eigenvalue weighted by molar-refractivity contribution is 0.804. The van der Waals surface area contributed by atoms with Crippen molar-refractivity contribution in [1.82, 2.24) is 4.98 Å². The van der Waals surface area contributed by atoms with Gasteiger partial charge in [-0.25, -0.2) is 4.98 Å². The van der Waals surface area contributed by atoms with Crippen LogP contribution in [0.15, 0.2) is 34.7 Å². The second-order valence-electron chi connectivity index (χ2n) is 3.93. The molecule has 1 aromatic carbocycles. The van der Waals surface area contributed by atoms with Gasteiger partial charge in [0.2, 0.25) is 0 Å². The minimum atomic E-state index is 1.15. The number of aromatic nitrogens is 1. The Labute approximate surface area is 111 Å². The molecule has 2 aromatic rings. The van der Waals surface area contributed by atoms with E-state index in [4.69, 9.17) is 4.98 Å². The zero-order valence-electron chi connectivity index (χ0n) is 10.3. The van der Waals surface area contributed by atoms with Gasteiger partial charge in [-0.05, 0) is 19.1 Å². The molecule has 0 radical (unpaired) electrons. The molecule has 0 saturated carbocycles. The fourth-order valence-electron chi connectivity index (χ4n) is 1.75. The summed E-state index contributed by atoms with van der Waals surface area (Å²) in [7, 11) is 0. The van der Waals surface area contributed by atoms with Crippen molar-refractivity contribution in [2.24, 2.45) is 0 Å². The zero-order chi connectivity index (χ0) is 12.1. The largest absolute Gasteiger partial charge is 0.229 e.